The number of amides is 2. The fourth-order valence-corrected chi connectivity index (χ4v) is 2.53. The molecule has 9 heteroatoms. The van der Waals surface area contributed by atoms with Crippen LogP contribution >= 0.6 is 0 Å². The average Bonchev–Trinajstić information content (AvgIpc) is 2.74. The molecule has 1 N–H and O–H groups in total. The van der Waals surface area contributed by atoms with Gasteiger partial charge in [-0.1, -0.05) is 12.1 Å². The second-order valence-corrected chi connectivity index (χ2v) is 5.96. The SMILES string of the molecule is COc1ccc(C(=O)NC(=O)COC(=O)Cn2cnc3ccccc3c2=O)cc1. The molecule has 3 aromatic rings. The normalized spacial score (nSPS) is 10.4. The molecule has 29 heavy (non-hydrogen) atoms. The zero-order valence-electron chi connectivity index (χ0n) is 15.5. The first-order valence-electron chi connectivity index (χ1n) is 8.56. The number of benzene rings is 2. The van der Waals surface area contributed by atoms with Gasteiger partial charge in [0.05, 0.1) is 24.3 Å². The zero-order valence-corrected chi connectivity index (χ0v) is 15.5. The van der Waals surface area contributed by atoms with Crippen molar-refractivity contribution in [1.82, 2.24) is 14.9 Å². The van der Waals surface area contributed by atoms with Crippen molar-refractivity contribution >= 4 is 28.7 Å². The highest BCUT2D eigenvalue weighted by atomic mass is 16.5. The van der Waals surface area contributed by atoms with E-state index in [1.807, 2.05) is 0 Å². The number of hydrogen-bond acceptors (Lipinski definition) is 7. The summed E-state index contributed by atoms with van der Waals surface area (Å²) in [5.41, 5.74) is 0.365. The Bertz CT molecular complexity index is 1120. The first-order valence-corrected chi connectivity index (χ1v) is 8.56. The maximum absolute atomic E-state index is 12.3. The van der Waals surface area contributed by atoms with Crippen molar-refractivity contribution in [3.8, 4) is 5.75 Å². The Kier molecular flexibility index (Phi) is 5.98. The molecule has 0 atom stereocenters. The monoisotopic (exact) mass is 395 g/mol. The summed E-state index contributed by atoms with van der Waals surface area (Å²) >= 11 is 0. The van der Waals surface area contributed by atoms with E-state index in [4.69, 9.17) is 9.47 Å². The summed E-state index contributed by atoms with van der Waals surface area (Å²) in [4.78, 5) is 52.2. The number of ether oxygens (including phenoxy) is 2. The van der Waals surface area contributed by atoms with E-state index in [2.05, 4.69) is 10.3 Å². The smallest absolute Gasteiger partial charge is 0.326 e. The van der Waals surface area contributed by atoms with Crippen LogP contribution in [0.25, 0.3) is 10.9 Å². The molecule has 0 saturated heterocycles. The number of para-hydroxylation sites is 1. The molecular weight excluding hydrogens is 378 g/mol. The first kappa shape index (κ1) is 19.7. The minimum atomic E-state index is -0.809. The van der Waals surface area contributed by atoms with Gasteiger partial charge in [0.25, 0.3) is 17.4 Å². The Morgan fingerprint density at radius 3 is 2.52 bits per heavy atom. The molecule has 9 nitrogen and oxygen atoms in total. The van der Waals surface area contributed by atoms with Gasteiger partial charge >= 0.3 is 5.97 Å². The summed E-state index contributed by atoms with van der Waals surface area (Å²) in [5.74, 6) is -1.66. The lowest BCUT2D eigenvalue weighted by Crippen LogP contribution is -2.35. The van der Waals surface area contributed by atoms with E-state index in [1.165, 1.54) is 25.6 Å². The molecule has 148 valence electrons. The standard InChI is InChI=1S/C20H17N3O6/c1-28-14-8-6-13(7-9-14)19(26)22-17(24)11-29-18(25)10-23-12-21-16-5-3-2-4-15(16)20(23)27/h2-9,12H,10-11H2,1H3,(H,22,24,26). The van der Waals surface area contributed by atoms with Crippen LogP contribution in [0.15, 0.2) is 59.7 Å². The van der Waals surface area contributed by atoms with E-state index in [9.17, 15) is 19.2 Å². The van der Waals surface area contributed by atoms with Crippen LogP contribution in [0.5, 0.6) is 5.75 Å². The molecule has 0 aliphatic rings. The Balaban J connectivity index is 1.53. The number of rotatable bonds is 6. The fourth-order valence-electron chi connectivity index (χ4n) is 2.53. The highest BCUT2D eigenvalue weighted by Gasteiger charge is 2.14. The van der Waals surface area contributed by atoms with Gasteiger partial charge in [-0.2, -0.15) is 0 Å². The lowest BCUT2D eigenvalue weighted by atomic mass is 10.2. The van der Waals surface area contributed by atoms with Gasteiger partial charge in [-0.15, -0.1) is 0 Å². The molecule has 3 rings (SSSR count). The summed E-state index contributed by atoms with van der Waals surface area (Å²) in [6.07, 6.45) is 1.24. The topological polar surface area (TPSA) is 117 Å². The number of aromatic nitrogens is 2. The molecular formula is C20H17N3O6. The van der Waals surface area contributed by atoms with Crippen LogP contribution < -0.4 is 15.6 Å². The van der Waals surface area contributed by atoms with Crippen LogP contribution in [0.3, 0.4) is 0 Å². The summed E-state index contributed by atoms with van der Waals surface area (Å²) in [6.45, 7) is -1.06. The van der Waals surface area contributed by atoms with E-state index in [1.54, 1.807) is 36.4 Å². The van der Waals surface area contributed by atoms with Gasteiger partial charge in [0.2, 0.25) is 0 Å². The lowest BCUT2D eigenvalue weighted by molar-refractivity contribution is -0.148. The molecule has 2 amide bonds. The van der Waals surface area contributed by atoms with Gasteiger partial charge < -0.3 is 9.47 Å². The molecule has 0 unspecified atom stereocenters. The zero-order chi connectivity index (χ0) is 20.8. The minimum Gasteiger partial charge on any atom is -0.497 e. The number of nitrogens with one attached hydrogen (secondary N) is 1. The second kappa shape index (κ2) is 8.79. The number of hydrogen-bond donors (Lipinski definition) is 1. The molecule has 0 aliphatic carbocycles. The fraction of sp³-hybridized carbons (Fsp3) is 0.150. The molecule has 0 saturated carbocycles. The molecule has 0 bridgehead atoms. The van der Waals surface area contributed by atoms with Crippen molar-refractivity contribution in [1.29, 1.82) is 0 Å². The maximum atomic E-state index is 12.3. The number of carbonyl (C=O) groups is 3. The first-order chi connectivity index (χ1) is 14.0. The summed E-state index contributed by atoms with van der Waals surface area (Å²) < 4.78 is 10.9. The van der Waals surface area contributed by atoms with E-state index < -0.39 is 36.5 Å². The number of nitrogens with zero attached hydrogens (tertiary/aromatic N) is 2. The largest absolute Gasteiger partial charge is 0.497 e. The predicted octanol–water partition coefficient (Wildman–Crippen LogP) is 0.905. The van der Waals surface area contributed by atoms with Gasteiger partial charge in [-0.25, -0.2) is 4.98 Å². The number of methoxy groups -OCH3 is 1. The molecule has 0 radical (unpaired) electrons. The molecule has 1 heterocycles. The van der Waals surface area contributed by atoms with E-state index in [0.29, 0.717) is 16.7 Å². The summed E-state index contributed by atoms with van der Waals surface area (Å²) in [5, 5.41) is 2.48. The third-order valence-electron chi connectivity index (χ3n) is 4.00. The molecule has 1 aromatic heterocycles. The van der Waals surface area contributed by atoms with Crippen molar-refractivity contribution in [3.05, 3.63) is 70.8 Å². The number of fused-ring (bicyclic) bond motifs is 1. The lowest BCUT2D eigenvalue weighted by Gasteiger charge is -2.08. The van der Waals surface area contributed by atoms with Crippen molar-refractivity contribution in [3.63, 3.8) is 0 Å². The number of carbonyl (C=O) groups excluding carboxylic acids is 3. The maximum Gasteiger partial charge on any atom is 0.326 e. The van der Waals surface area contributed by atoms with Gasteiger partial charge in [-0.3, -0.25) is 29.1 Å². The van der Waals surface area contributed by atoms with Crippen LogP contribution in [-0.2, 0) is 20.9 Å². The molecule has 0 aliphatic heterocycles. The van der Waals surface area contributed by atoms with Crippen LogP contribution in [0.4, 0.5) is 0 Å². The van der Waals surface area contributed by atoms with Crippen LogP contribution in [-0.4, -0.2) is 41.1 Å². The van der Waals surface area contributed by atoms with Crippen LogP contribution in [0.1, 0.15) is 10.4 Å². The van der Waals surface area contributed by atoms with E-state index in [0.717, 1.165) is 4.57 Å². The predicted molar refractivity (Wildman–Crippen MR) is 102 cm³/mol. The third-order valence-corrected chi connectivity index (χ3v) is 4.00. The minimum absolute atomic E-state index is 0.249. The number of esters is 1. The quantitative estimate of drug-likeness (QED) is 0.617. The Morgan fingerprint density at radius 1 is 1.07 bits per heavy atom. The van der Waals surface area contributed by atoms with Gasteiger partial charge in [-0.05, 0) is 36.4 Å². The molecule has 0 spiro atoms. The number of imide groups is 1. The Hall–Kier alpha value is -4.01. The van der Waals surface area contributed by atoms with Gasteiger partial charge in [0.15, 0.2) is 6.61 Å². The van der Waals surface area contributed by atoms with Crippen molar-refractivity contribution < 1.29 is 23.9 Å². The van der Waals surface area contributed by atoms with E-state index >= 15 is 0 Å². The summed E-state index contributed by atoms with van der Waals surface area (Å²) in [7, 11) is 1.50. The van der Waals surface area contributed by atoms with Crippen molar-refractivity contribution in [2.24, 2.45) is 0 Å². The van der Waals surface area contributed by atoms with Crippen molar-refractivity contribution in [2.75, 3.05) is 13.7 Å². The molecule has 2 aromatic carbocycles. The third kappa shape index (κ3) is 4.83. The summed E-state index contributed by atoms with van der Waals surface area (Å²) in [6, 6.07) is 12.9. The van der Waals surface area contributed by atoms with Crippen molar-refractivity contribution in [2.45, 2.75) is 6.54 Å². The Labute approximate surface area is 164 Å². The highest BCUT2D eigenvalue weighted by Crippen LogP contribution is 2.11. The van der Waals surface area contributed by atoms with Gasteiger partial charge in [0, 0.05) is 5.56 Å². The van der Waals surface area contributed by atoms with Crippen LogP contribution in [0.2, 0.25) is 0 Å². The van der Waals surface area contributed by atoms with Crippen LogP contribution in [0, 0.1) is 0 Å². The molecule has 0 fully saturated rings. The van der Waals surface area contributed by atoms with E-state index in [-0.39, 0.29) is 5.56 Å². The average molecular weight is 395 g/mol. The second-order valence-electron chi connectivity index (χ2n) is 5.96. The highest BCUT2D eigenvalue weighted by molar-refractivity contribution is 6.05. The van der Waals surface area contributed by atoms with Gasteiger partial charge in [0.1, 0.15) is 12.3 Å². The Morgan fingerprint density at radius 2 is 1.79 bits per heavy atom.